The van der Waals surface area contributed by atoms with Gasteiger partial charge in [-0.25, -0.2) is 9.37 Å². The molecule has 4 rings (SSSR count). The molecule has 0 spiro atoms. The third-order valence-electron chi connectivity index (χ3n) is 3.54. The van der Waals surface area contributed by atoms with Crippen LogP contribution < -0.4 is 5.32 Å². The lowest BCUT2D eigenvalue weighted by molar-refractivity contribution is 0.432. The second-order valence-electron chi connectivity index (χ2n) is 5.30. The van der Waals surface area contributed by atoms with Crippen LogP contribution in [0.4, 0.5) is 10.2 Å². The minimum atomic E-state index is -0.341. The van der Waals surface area contributed by atoms with Crippen LogP contribution in [0.2, 0.25) is 0 Å². The van der Waals surface area contributed by atoms with Gasteiger partial charge in [-0.15, -0.1) is 11.3 Å². The fourth-order valence-corrected chi connectivity index (χ4v) is 2.95. The largest absolute Gasteiger partial charge is 0.365 e. The molecule has 7 heteroatoms. The minimum Gasteiger partial charge on any atom is -0.365 e. The molecule has 0 atom stereocenters. The summed E-state index contributed by atoms with van der Waals surface area (Å²) in [5.41, 5.74) is 1.27. The first kappa shape index (κ1) is 15.5. The van der Waals surface area contributed by atoms with Crippen LogP contribution in [-0.4, -0.2) is 15.1 Å². The topological polar surface area (TPSA) is 63.8 Å². The van der Waals surface area contributed by atoms with Gasteiger partial charge in [-0.05, 0) is 35.7 Å². The van der Waals surface area contributed by atoms with Gasteiger partial charge in [0.05, 0.1) is 12.1 Å². The zero-order valence-electron chi connectivity index (χ0n) is 13.0. The molecular weight excluding hydrogens is 339 g/mol. The van der Waals surface area contributed by atoms with Crippen molar-refractivity contribution in [2.24, 2.45) is 0 Å². The van der Waals surface area contributed by atoms with Crippen molar-refractivity contribution < 1.29 is 8.91 Å². The maximum atomic E-state index is 13.3. The number of rotatable bonds is 5. The summed E-state index contributed by atoms with van der Waals surface area (Å²) in [6.45, 7) is 0.730. The van der Waals surface area contributed by atoms with Crippen molar-refractivity contribution in [3.05, 3.63) is 70.8 Å². The van der Waals surface area contributed by atoms with Crippen LogP contribution in [0.15, 0.2) is 64.6 Å². The Balaban J connectivity index is 1.49. The number of anilines is 1. The second kappa shape index (κ2) is 6.82. The van der Waals surface area contributed by atoms with Crippen molar-refractivity contribution in [1.29, 1.82) is 0 Å². The molecule has 4 aromatic rings. The van der Waals surface area contributed by atoms with E-state index >= 15 is 0 Å². The van der Waals surface area contributed by atoms with Crippen LogP contribution in [0, 0.1) is 5.82 Å². The summed E-state index contributed by atoms with van der Waals surface area (Å²) in [6.07, 6.45) is 1.67. The van der Waals surface area contributed by atoms with E-state index in [0.29, 0.717) is 22.8 Å². The van der Waals surface area contributed by atoms with E-state index in [-0.39, 0.29) is 5.82 Å². The van der Waals surface area contributed by atoms with E-state index in [2.05, 4.69) is 26.5 Å². The van der Waals surface area contributed by atoms with Crippen molar-refractivity contribution in [3.8, 4) is 22.8 Å². The number of benzene rings is 1. The van der Waals surface area contributed by atoms with E-state index in [0.717, 1.165) is 12.4 Å². The molecule has 1 aromatic carbocycles. The second-order valence-corrected chi connectivity index (χ2v) is 6.33. The number of hydrogen-bond acceptors (Lipinski definition) is 6. The lowest BCUT2D eigenvalue weighted by Crippen LogP contribution is -1.99. The predicted molar refractivity (Wildman–Crippen MR) is 94.6 cm³/mol. The van der Waals surface area contributed by atoms with Gasteiger partial charge < -0.3 is 9.84 Å². The van der Waals surface area contributed by atoms with Crippen molar-refractivity contribution in [3.63, 3.8) is 0 Å². The average molecular weight is 352 g/mol. The first-order valence-electron chi connectivity index (χ1n) is 7.60. The Morgan fingerprint density at radius 1 is 1.08 bits per heavy atom. The molecule has 124 valence electrons. The monoisotopic (exact) mass is 352 g/mol. The SMILES string of the molecule is Fc1cccc(-c2noc(-c3ccc(NCc4cccs4)nc3)n2)c1. The molecule has 0 saturated carbocycles. The maximum absolute atomic E-state index is 13.3. The summed E-state index contributed by atoms with van der Waals surface area (Å²) in [6, 6.07) is 13.9. The van der Waals surface area contributed by atoms with E-state index in [1.807, 2.05) is 23.6 Å². The highest BCUT2D eigenvalue weighted by molar-refractivity contribution is 7.09. The summed E-state index contributed by atoms with van der Waals surface area (Å²) in [7, 11) is 0. The average Bonchev–Trinajstić information content (AvgIpc) is 3.32. The van der Waals surface area contributed by atoms with Crippen molar-refractivity contribution >= 4 is 17.2 Å². The molecule has 0 saturated heterocycles. The fraction of sp³-hybridized carbons (Fsp3) is 0.0556. The fourth-order valence-electron chi connectivity index (χ4n) is 2.30. The Labute approximate surface area is 147 Å². The summed E-state index contributed by atoms with van der Waals surface area (Å²) in [4.78, 5) is 9.90. The Morgan fingerprint density at radius 2 is 2.04 bits per heavy atom. The summed E-state index contributed by atoms with van der Waals surface area (Å²) in [5.74, 6) is 1.11. The van der Waals surface area contributed by atoms with E-state index in [4.69, 9.17) is 4.52 Å². The molecule has 1 N–H and O–H groups in total. The number of aromatic nitrogens is 3. The molecule has 5 nitrogen and oxygen atoms in total. The third-order valence-corrected chi connectivity index (χ3v) is 4.42. The highest BCUT2D eigenvalue weighted by Crippen LogP contribution is 2.23. The quantitative estimate of drug-likeness (QED) is 0.568. The Hall–Kier alpha value is -3.06. The molecule has 0 radical (unpaired) electrons. The molecule has 25 heavy (non-hydrogen) atoms. The molecule has 0 aliphatic heterocycles. The summed E-state index contributed by atoms with van der Waals surface area (Å²) >= 11 is 1.69. The van der Waals surface area contributed by atoms with Crippen LogP contribution in [0.5, 0.6) is 0 Å². The summed E-state index contributed by atoms with van der Waals surface area (Å²) < 4.78 is 18.6. The first-order chi connectivity index (χ1) is 12.3. The highest BCUT2D eigenvalue weighted by atomic mass is 32.1. The minimum absolute atomic E-state index is 0.341. The van der Waals surface area contributed by atoms with Gasteiger partial charge in [-0.2, -0.15) is 4.98 Å². The third kappa shape index (κ3) is 3.56. The Kier molecular flexibility index (Phi) is 4.22. The zero-order valence-corrected chi connectivity index (χ0v) is 13.8. The van der Waals surface area contributed by atoms with Gasteiger partial charge in [-0.3, -0.25) is 0 Å². The van der Waals surface area contributed by atoms with Gasteiger partial charge >= 0.3 is 0 Å². The lowest BCUT2D eigenvalue weighted by atomic mass is 10.2. The van der Waals surface area contributed by atoms with Gasteiger partial charge in [0.2, 0.25) is 5.82 Å². The van der Waals surface area contributed by atoms with Crippen LogP contribution in [0.3, 0.4) is 0 Å². The van der Waals surface area contributed by atoms with Crippen LogP contribution >= 0.6 is 11.3 Å². The lowest BCUT2D eigenvalue weighted by Gasteiger charge is -2.03. The number of nitrogens with zero attached hydrogens (tertiary/aromatic N) is 3. The van der Waals surface area contributed by atoms with E-state index in [1.165, 1.54) is 17.0 Å². The number of thiophene rings is 1. The standard InChI is InChI=1S/C18H13FN4OS/c19-14-4-1-3-12(9-14)17-22-18(24-23-17)13-6-7-16(20-10-13)21-11-15-5-2-8-25-15/h1-10H,11H2,(H,20,21). The van der Waals surface area contributed by atoms with Crippen molar-refractivity contribution in [2.75, 3.05) is 5.32 Å². The molecular formula is C18H13FN4OS. The maximum Gasteiger partial charge on any atom is 0.259 e. The smallest absolute Gasteiger partial charge is 0.259 e. The van der Waals surface area contributed by atoms with Gasteiger partial charge in [0, 0.05) is 16.6 Å². The molecule has 0 aliphatic rings. The molecule has 0 unspecified atom stereocenters. The van der Waals surface area contributed by atoms with Gasteiger partial charge in [0.1, 0.15) is 11.6 Å². The number of pyridine rings is 1. The molecule has 0 amide bonds. The van der Waals surface area contributed by atoms with Crippen molar-refractivity contribution in [1.82, 2.24) is 15.1 Å². The van der Waals surface area contributed by atoms with Gasteiger partial charge in [-0.1, -0.05) is 23.4 Å². The number of nitrogens with one attached hydrogen (secondary N) is 1. The molecule has 0 aliphatic carbocycles. The molecule has 0 bridgehead atoms. The predicted octanol–water partition coefficient (Wildman–Crippen LogP) is 4.61. The molecule has 3 heterocycles. The van der Waals surface area contributed by atoms with Gasteiger partial charge in [0.25, 0.3) is 5.89 Å². The van der Waals surface area contributed by atoms with E-state index < -0.39 is 0 Å². The van der Waals surface area contributed by atoms with Crippen LogP contribution in [-0.2, 0) is 6.54 Å². The Morgan fingerprint density at radius 3 is 2.80 bits per heavy atom. The first-order valence-corrected chi connectivity index (χ1v) is 8.48. The normalized spacial score (nSPS) is 10.8. The Bertz CT molecular complexity index is 967. The van der Waals surface area contributed by atoms with Gasteiger partial charge in [0.15, 0.2) is 0 Å². The number of halogens is 1. The van der Waals surface area contributed by atoms with Crippen LogP contribution in [0.25, 0.3) is 22.8 Å². The number of hydrogen-bond donors (Lipinski definition) is 1. The van der Waals surface area contributed by atoms with E-state index in [9.17, 15) is 4.39 Å². The zero-order chi connectivity index (χ0) is 17.1. The van der Waals surface area contributed by atoms with Crippen molar-refractivity contribution in [2.45, 2.75) is 6.54 Å². The summed E-state index contributed by atoms with van der Waals surface area (Å²) in [5, 5.41) is 9.20. The molecule has 3 aromatic heterocycles. The highest BCUT2D eigenvalue weighted by Gasteiger charge is 2.11. The van der Waals surface area contributed by atoms with Crippen LogP contribution in [0.1, 0.15) is 4.88 Å². The molecule has 0 fully saturated rings. The van der Waals surface area contributed by atoms with E-state index in [1.54, 1.807) is 29.7 Å².